The summed E-state index contributed by atoms with van der Waals surface area (Å²) in [6.07, 6.45) is 10.9. The number of carbonyl (C=O) groups excluding carboxylic acids is 3. The Labute approximate surface area is 330 Å². The van der Waals surface area contributed by atoms with Crippen LogP contribution in [-0.2, 0) is 30.8 Å². The number of fused-ring (bicyclic) bond motifs is 3. The van der Waals surface area contributed by atoms with E-state index < -0.39 is 38.7 Å². The third kappa shape index (κ3) is 8.31. The maximum Gasteiger partial charge on any atom is 0.240 e. The minimum Gasteiger partial charge on any atom is -0.488 e. The molecule has 1 N–H and O–H groups in total. The van der Waals surface area contributed by atoms with Gasteiger partial charge in [-0.25, -0.2) is 13.4 Å². The number of hydrogen-bond acceptors (Lipinski definition) is 7. The summed E-state index contributed by atoms with van der Waals surface area (Å²) in [6, 6.07) is 27.3. The molecule has 0 bridgehead atoms. The Morgan fingerprint density at radius 3 is 2.48 bits per heavy atom. The predicted octanol–water partition coefficient (Wildman–Crippen LogP) is 7.90. The number of aromatic nitrogens is 1. The largest absolute Gasteiger partial charge is 0.488 e. The summed E-state index contributed by atoms with van der Waals surface area (Å²) in [5, 5.41) is 0.288. The highest BCUT2D eigenvalue weighted by molar-refractivity contribution is 7.90. The van der Waals surface area contributed by atoms with Gasteiger partial charge in [-0.15, -0.1) is 0 Å². The molecule has 0 unspecified atom stereocenters. The van der Waals surface area contributed by atoms with Crippen molar-refractivity contribution in [3.63, 3.8) is 0 Å². The highest BCUT2D eigenvalue weighted by Gasteiger charge is 2.61. The lowest BCUT2D eigenvalue weighted by molar-refractivity contribution is -0.142. The van der Waals surface area contributed by atoms with Crippen molar-refractivity contribution in [1.29, 1.82) is 0 Å². The summed E-state index contributed by atoms with van der Waals surface area (Å²) in [5.41, 5.74) is 3.58. The fourth-order valence-corrected chi connectivity index (χ4v) is 10.1. The number of amides is 2. The molecular formula is C46H51N3O6S. The normalized spacial score (nSPS) is 26.4. The average Bonchev–Trinajstić information content (AvgIpc) is 4.12. The smallest absolute Gasteiger partial charge is 0.240 e. The fraction of sp³-hybridized carbons (Fsp3) is 0.435. The van der Waals surface area contributed by atoms with E-state index in [-0.39, 0.29) is 42.9 Å². The molecule has 2 aliphatic heterocycles. The molecule has 10 heteroatoms. The molecule has 4 aromatic rings. The Balaban J connectivity index is 1.12. The number of ketones is 1. The van der Waals surface area contributed by atoms with Crippen molar-refractivity contribution < 1.29 is 27.5 Å². The predicted molar refractivity (Wildman–Crippen MR) is 217 cm³/mol. The number of Topliss-reactive ketones (excluding diaryl/α,β-unsaturated/α-hetero) is 1. The van der Waals surface area contributed by atoms with E-state index in [1.165, 1.54) is 5.56 Å². The second-order valence-corrected chi connectivity index (χ2v) is 18.4. The summed E-state index contributed by atoms with van der Waals surface area (Å²) in [4.78, 5) is 50.1. The molecule has 0 spiro atoms. The van der Waals surface area contributed by atoms with Gasteiger partial charge in [-0.1, -0.05) is 91.7 Å². The molecule has 3 aromatic carbocycles. The zero-order chi connectivity index (χ0) is 38.9. The minimum absolute atomic E-state index is 0.0549. The second kappa shape index (κ2) is 16.0. The molecule has 0 radical (unpaired) electrons. The van der Waals surface area contributed by atoms with Gasteiger partial charge in [0.1, 0.15) is 11.9 Å². The van der Waals surface area contributed by atoms with Crippen LogP contribution < -0.4 is 9.46 Å². The Bertz CT molecular complexity index is 2240. The first-order chi connectivity index (χ1) is 27.1. The summed E-state index contributed by atoms with van der Waals surface area (Å²) >= 11 is 0. The first-order valence-electron chi connectivity index (χ1n) is 20.3. The van der Waals surface area contributed by atoms with E-state index in [4.69, 9.17) is 9.72 Å². The Hall–Kier alpha value is -4.83. The maximum atomic E-state index is 14.8. The number of rotatable bonds is 9. The Kier molecular flexibility index (Phi) is 10.8. The number of ether oxygens (including phenoxy) is 1. The van der Waals surface area contributed by atoms with Crippen molar-refractivity contribution in [2.24, 2.45) is 17.3 Å². The van der Waals surface area contributed by atoms with Gasteiger partial charge in [-0.05, 0) is 87.5 Å². The van der Waals surface area contributed by atoms with Crippen molar-refractivity contribution in [1.82, 2.24) is 14.6 Å². The summed E-state index contributed by atoms with van der Waals surface area (Å²) < 4.78 is 35.1. The lowest BCUT2D eigenvalue weighted by Crippen LogP contribution is -2.46. The first-order valence-corrected chi connectivity index (χ1v) is 21.9. The number of allylic oxidation sites excluding steroid dienone is 2. The molecule has 3 fully saturated rings. The van der Waals surface area contributed by atoms with Crippen molar-refractivity contribution in [2.45, 2.75) is 101 Å². The van der Waals surface area contributed by atoms with Gasteiger partial charge in [-0.2, -0.15) is 0 Å². The van der Waals surface area contributed by atoms with Gasteiger partial charge in [-0.3, -0.25) is 19.1 Å². The lowest BCUT2D eigenvalue weighted by atomic mass is 9.90. The van der Waals surface area contributed by atoms with Crippen LogP contribution in [0.15, 0.2) is 97.1 Å². The molecule has 1 saturated heterocycles. The summed E-state index contributed by atoms with van der Waals surface area (Å²) in [7, 11) is -3.81. The van der Waals surface area contributed by atoms with Gasteiger partial charge in [0, 0.05) is 35.8 Å². The van der Waals surface area contributed by atoms with Gasteiger partial charge < -0.3 is 9.64 Å². The average molecular weight is 774 g/mol. The highest BCUT2D eigenvalue weighted by Crippen LogP contribution is 2.57. The van der Waals surface area contributed by atoms with Crippen LogP contribution in [0.4, 0.5) is 0 Å². The lowest BCUT2D eigenvalue weighted by Gasteiger charge is -2.29. The van der Waals surface area contributed by atoms with Crippen molar-refractivity contribution >= 4 is 38.5 Å². The van der Waals surface area contributed by atoms with Crippen LogP contribution in [0, 0.1) is 24.2 Å². The van der Waals surface area contributed by atoms with Crippen LogP contribution >= 0.6 is 0 Å². The third-order valence-electron chi connectivity index (χ3n) is 12.2. The maximum absolute atomic E-state index is 14.8. The highest BCUT2D eigenvalue weighted by atomic mass is 32.2. The first kappa shape index (κ1) is 38.1. The van der Waals surface area contributed by atoms with E-state index in [0.717, 1.165) is 66.2 Å². The molecule has 9 nitrogen and oxygen atoms in total. The number of carbonyl (C=O) groups is 3. The topological polar surface area (TPSA) is 123 Å². The minimum atomic E-state index is -3.81. The van der Waals surface area contributed by atoms with Gasteiger partial charge in [0.2, 0.25) is 21.8 Å². The quantitative estimate of drug-likeness (QED) is 0.172. The molecule has 3 heterocycles. The third-order valence-corrected chi connectivity index (χ3v) is 14.1. The number of nitrogens with one attached hydrogen (secondary N) is 1. The number of pyridine rings is 1. The number of hydrogen-bond donors (Lipinski definition) is 1. The molecule has 8 rings (SSSR count). The van der Waals surface area contributed by atoms with Crippen LogP contribution in [0.1, 0.15) is 81.8 Å². The molecule has 2 aliphatic carbocycles. The van der Waals surface area contributed by atoms with E-state index in [0.29, 0.717) is 31.4 Å². The number of benzene rings is 3. The van der Waals surface area contributed by atoms with Gasteiger partial charge in [0.25, 0.3) is 0 Å². The van der Waals surface area contributed by atoms with Gasteiger partial charge in [0.05, 0.1) is 34.5 Å². The van der Waals surface area contributed by atoms with Crippen LogP contribution in [-0.4, -0.2) is 59.8 Å². The number of aryl methyl sites for hydroxylation is 2. The number of nitrogens with zero attached hydrogens (tertiary/aromatic N) is 2. The molecule has 292 valence electrons. The molecule has 2 saturated carbocycles. The molecule has 5 atom stereocenters. The van der Waals surface area contributed by atoms with Crippen LogP contribution in [0.3, 0.4) is 0 Å². The van der Waals surface area contributed by atoms with Crippen molar-refractivity contribution in [3.8, 4) is 17.0 Å². The zero-order valence-electron chi connectivity index (χ0n) is 32.1. The van der Waals surface area contributed by atoms with E-state index in [1.807, 2.05) is 85.8 Å². The van der Waals surface area contributed by atoms with Crippen molar-refractivity contribution in [3.05, 3.63) is 108 Å². The second-order valence-electron chi connectivity index (χ2n) is 16.4. The SMILES string of the molecule is Cc1ccc2c(O[C@@H]3C[C@H]4C(=O)C[C@]5(C(=O)NS(=O)(=O)C6CC6)C[C@H]5/C=C\CCCCC[C@H](CCc5ccccc5)C(=O)N4C3)cc(-c3ccccc3)nc2c1. The summed E-state index contributed by atoms with van der Waals surface area (Å²) in [5.74, 6) is -0.778. The van der Waals surface area contributed by atoms with Crippen LogP contribution in [0.5, 0.6) is 5.75 Å². The van der Waals surface area contributed by atoms with Gasteiger partial charge in [0.15, 0.2) is 5.78 Å². The zero-order valence-corrected chi connectivity index (χ0v) is 32.9. The van der Waals surface area contributed by atoms with Crippen LogP contribution in [0.2, 0.25) is 0 Å². The molecule has 1 aromatic heterocycles. The molecule has 56 heavy (non-hydrogen) atoms. The van der Waals surface area contributed by atoms with E-state index in [1.54, 1.807) is 4.90 Å². The van der Waals surface area contributed by atoms with Gasteiger partial charge >= 0.3 is 0 Å². The number of sulfonamides is 1. The molecule has 4 aliphatic rings. The van der Waals surface area contributed by atoms with Crippen molar-refractivity contribution in [2.75, 3.05) is 6.54 Å². The molecule has 2 amide bonds. The summed E-state index contributed by atoms with van der Waals surface area (Å²) in [6.45, 7) is 2.26. The monoisotopic (exact) mass is 773 g/mol. The standard InChI is InChI=1S/C46H51N3O6S/c1-31-19-24-38-40(25-31)47-39(33-15-10-6-11-16-33)27-43(38)55-36-26-41-42(50)29-46(45(52)48-56(53,54)37-22-23-37)28-35(46)18-12-4-2-3-9-17-34(44(51)49(41)30-36)21-20-32-13-7-5-8-14-32/h5-8,10-16,18-19,24-25,27,34-37,41H,2-4,9,17,20-23,26,28-30H2,1H3,(H,48,52)/b18-12-/t34-,35-,36-,41+,46-/m1/s1. The van der Waals surface area contributed by atoms with E-state index in [9.17, 15) is 22.8 Å². The fourth-order valence-electron chi connectivity index (χ4n) is 8.73. The Morgan fingerprint density at radius 2 is 1.71 bits per heavy atom. The van der Waals surface area contributed by atoms with Crippen LogP contribution in [0.25, 0.3) is 22.2 Å². The molecular weight excluding hydrogens is 723 g/mol. The van der Waals surface area contributed by atoms with E-state index >= 15 is 0 Å². The Morgan fingerprint density at radius 1 is 0.946 bits per heavy atom. The van der Waals surface area contributed by atoms with E-state index in [2.05, 4.69) is 22.9 Å².